The zero-order valence-corrected chi connectivity index (χ0v) is 9.41. The molecule has 1 aromatic rings. The van der Waals surface area contributed by atoms with Crippen LogP contribution in [0.5, 0.6) is 0 Å². The van der Waals surface area contributed by atoms with Crippen LogP contribution in [0.3, 0.4) is 0 Å². The molecule has 17 heavy (non-hydrogen) atoms. The number of ether oxygens (including phenoxy) is 1. The van der Waals surface area contributed by atoms with Crippen LogP contribution in [0, 0.1) is 5.82 Å². The lowest BCUT2D eigenvalue weighted by Gasteiger charge is -2.23. The van der Waals surface area contributed by atoms with Gasteiger partial charge in [0.2, 0.25) is 5.91 Å². The van der Waals surface area contributed by atoms with Crippen molar-refractivity contribution in [1.82, 2.24) is 5.32 Å². The number of carbonyl (C=O) groups is 1. The van der Waals surface area contributed by atoms with Crippen molar-refractivity contribution in [3.05, 3.63) is 30.1 Å². The summed E-state index contributed by atoms with van der Waals surface area (Å²) < 4.78 is 18.1. The summed E-state index contributed by atoms with van der Waals surface area (Å²) in [6, 6.07) is 5.89. The molecular formula is C12H15FN2O2. The van der Waals surface area contributed by atoms with Gasteiger partial charge in [0.1, 0.15) is 5.82 Å². The van der Waals surface area contributed by atoms with Crippen LogP contribution in [0.4, 0.5) is 10.1 Å². The van der Waals surface area contributed by atoms with E-state index in [0.29, 0.717) is 25.3 Å². The smallest absolute Gasteiger partial charge is 0.226 e. The Bertz CT molecular complexity index is 392. The molecule has 92 valence electrons. The second-order valence-corrected chi connectivity index (χ2v) is 3.99. The van der Waals surface area contributed by atoms with E-state index < -0.39 is 0 Å². The van der Waals surface area contributed by atoms with Crippen LogP contribution in [0.1, 0.15) is 6.42 Å². The fraction of sp³-hybridized carbons (Fsp3) is 0.417. The Morgan fingerprint density at radius 2 is 2.47 bits per heavy atom. The van der Waals surface area contributed by atoms with Gasteiger partial charge in [0.05, 0.1) is 13.2 Å². The Hall–Kier alpha value is -1.46. The SMILES string of the molecule is O=C(CC1COCCN1)Nc1cccc(F)c1. The van der Waals surface area contributed by atoms with Gasteiger partial charge in [0.25, 0.3) is 0 Å². The average Bonchev–Trinajstić information content (AvgIpc) is 2.30. The van der Waals surface area contributed by atoms with Crippen molar-refractivity contribution in [2.24, 2.45) is 0 Å². The number of hydrogen-bond donors (Lipinski definition) is 2. The molecule has 0 radical (unpaired) electrons. The largest absolute Gasteiger partial charge is 0.378 e. The van der Waals surface area contributed by atoms with Crippen molar-refractivity contribution in [2.75, 3.05) is 25.1 Å². The number of nitrogens with one attached hydrogen (secondary N) is 2. The van der Waals surface area contributed by atoms with Gasteiger partial charge in [-0.25, -0.2) is 4.39 Å². The first-order chi connectivity index (χ1) is 8.24. The number of morpholine rings is 1. The van der Waals surface area contributed by atoms with Gasteiger partial charge < -0.3 is 15.4 Å². The Balaban J connectivity index is 1.84. The van der Waals surface area contributed by atoms with E-state index in [2.05, 4.69) is 10.6 Å². The van der Waals surface area contributed by atoms with E-state index in [0.717, 1.165) is 6.54 Å². The lowest BCUT2D eigenvalue weighted by atomic mass is 10.2. The number of amides is 1. The second kappa shape index (κ2) is 5.75. The fourth-order valence-electron chi connectivity index (χ4n) is 1.75. The number of benzene rings is 1. The lowest BCUT2D eigenvalue weighted by molar-refractivity contribution is -0.117. The number of carbonyl (C=O) groups excluding carboxylic acids is 1. The molecule has 1 fully saturated rings. The van der Waals surface area contributed by atoms with Gasteiger partial charge in [-0.1, -0.05) is 6.07 Å². The minimum absolute atomic E-state index is 0.0392. The molecule has 0 aromatic heterocycles. The molecular weight excluding hydrogens is 223 g/mol. The highest BCUT2D eigenvalue weighted by molar-refractivity contribution is 5.91. The topological polar surface area (TPSA) is 50.4 Å². The number of hydrogen-bond acceptors (Lipinski definition) is 3. The molecule has 1 aliphatic heterocycles. The molecule has 1 atom stereocenters. The van der Waals surface area contributed by atoms with E-state index in [1.54, 1.807) is 12.1 Å². The van der Waals surface area contributed by atoms with Gasteiger partial charge in [-0.2, -0.15) is 0 Å². The Morgan fingerprint density at radius 3 is 3.18 bits per heavy atom. The third-order valence-electron chi connectivity index (χ3n) is 2.54. The summed E-state index contributed by atoms with van der Waals surface area (Å²) in [6.07, 6.45) is 0.330. The van der Waals surface area contributed by atoms with Gasteiger partial charge in [0, 0.05) is 24.7 Å². The van der Waals surface area contributed by atoms with E-state index in [1.165, 1.54) is 12.1 Å². The molecule has 1 aromatic carbocycles. The monoisotopic (exact) mass is 238 g/mol. The van der Waals surface area contributed by atoms with Crippen molar-refractivity contribution >= 4 is 11.6 Å². The summed E-state index contributed by atoms with van der Waals surface area (Å²) in [5, 5.41) is 5.84. The van der Waals surface area contributed by atoms with Crippen LogP contribution in [0.25, 0.3) is 0 Å². The van der Waals surface area contributed by atoms with Crippen molar-refractivity contribution in [3.63, 3.8) is 0 Å². The molecule has 0 saturated carbocycles. The average molecular weight is 238 g/mol. The molecule has 2 rings (SSSR count). The predicted octanol–water partition coefficient (Wildman–Crippen LogP) is 1.14. The van der Waals surface area contributed by atoms with Crippen LogP contribution in [0.15, 0.2) is 24.3 Å². The summed E-state index contributed by atoms with van der Waals surface area (Å²) in [4.78, 5) is 11.7. The summed E-state index contributed by atoms with van der Waals surface area (Å²) in [7, 11) is 0. The summed E-state index contributed by atoms with van der Waals surface area (Å²) in [5.74, 6) is -0.500. The van der Waals surface area contributed by atoms with Gasteiger partial charge in [0.15, 0.2) is 0 Å². The highest BCUT2D eigenvalue weighted by Gasteiger charge is 2.16. The maximum atomic E-state index is 12.9. The molecule has 0 bridgehead atoms. The van der Waals surface area contributed by atoms with Crippen LogP contribution in [-0.2, 0) is 9.53 Å². The first-order valence-corrected chi connectivity index (χ1v) is 5.60. The minimum Gasteiger partial charge on any atom is -0.378 e. The Labute approximate surface area is 99.2 Å². The van der Waals surface area contributed by atoms with Gasteiger partial charge in [-0.05, 0) is 18.2 Å². The third-order valence-corrected chi connectivity index (χ3v) is 2.54. The van der Waals surface area contributed by atoms with E-state index in [4.69, 9.17) is 4.74 Å². The Morgan fingerprint density at radius 1 is 1.59 bits per heavy atom. The molecule has 1 aliphatic rings. The van der Waals surface area contributed by atoms with Crippen LogP contribution < -0.4 is 10.6 Å². The highest BCUT2D eigenvalue weighted by atomic mass is 19.1. The molecule has 1 heterocycles. The van der Waals surface area contributed by atoms with Crippen LogP contribution in [0.2, 0.25) is 0 Å². The van der Waals surface area contributed by atoms with Crippen LogP contribution in [-0.4, -0.2) is 31.7 Å². The van der Waals surface area contributed by atoms with Crippen molar-refractivity contribution in [3.8, 4) is 0 Å². The first-order valence-electron chi connectivity index (χ1n) is 5.60. The number of anilines is 1. The highest BCUT2D eigenvalue weighted by Crippen LogP contribution is 2.10. The normalized spacial score (nSPS) is 19.9. The van der Waals surface area contributed by atoms with Gasteiger partial charge in [-0.15, -0.1) is 0 Å². The van der Waals surface area contributed by atoms with E-state index in [1.807, 2.05) is 0 Å². The molecule has 0 spiro atoms. The molecule has 0 aliphatic carbocycles. The van der Waals surface area contributed by atoms with Crippen molar-refractivity contribution < 1.29 is 13.9 Å². The fourth-order valence-corrected chi connectivity index (χ4v) is 1.75. The summed E-state index contributed by atoms with van der Waals surface area (Å²) >= 11 is 0. The van der Waals surface area contributed by atoms with E-state index in [9.17, 15) is 9.18 Å². The molecule has 5 heteroatoms. The van der Waals surface area contributed by atoms with Crippen molar-refractivity contribution in [1.29, 1.82) is 0 Å². The minimum atomic E-state index is -0.359. The van der Waals surface area contributed by atoms with Gasteiger partial charge >= 0.3 is 0 Å². The second-order valence-electron chi connectivity index (χ2n) is 3.99. The van der Waals surface area contributed by atoms with E-state index in [-0.39, 0.29) is 17.8 Å². The number of halogens is 1. The molecule has 1 saturated heterocycles. The number of rotatable bonds is 3. The Kier molecular flexibility index (Phi) is 4.06. The lowest BCUT2D eigenvalue weighted by Crippen LogP contribution is -2.43. The molecule has 4 nitrogen and oxygen atoms in total. The molecule has 2 N–H and O–H groups in total. The van der Waals surface area contributed by atoms with Gasteiger partial charge in [-0.3, -0.25) is 4.79 Å². The standard InChI is InChI=1S/C12H15FN2O2/c13-9-2-1-3-10(6-9)15-12(16)7-11-8-17-5-4-14-11/h1-3,6,11,14H,4-5,7-8H2,(H,15,16). The zero-order chi connectivity index (χ0) is 12.1. The van der Waals surface area contributed by atoms with Crippen LogP contribution >= 0.6 is 0 Å². The molecule has 1 unspecified atom stereocenters. The quantitative estimate of drug-likeness (QED) is 0.830. The van der Waals surface area contributed by atoms with Crippen molar-refractivity contribution in [2.45, 2.75) is 12.5 Å². The van der Waals surface area contributed by atoms with E-state index >= 15 is 0 Å². The summed E-state index contributed by atoms with van der Waals surface area (Å²) in [6.45, 7) is 1.98. The molecule has 1 amide bonds. The third kappa shape index (κ3) is 3.80. The summed E-state index contributed by atoms with van der Waals surface area (Å²) in [5.41, 5.74) is 0.478. The maximum Gasteiger partial charge on any atom is 0.226 e. The zero-order valence-electron chi connectivity index (χ0n) is 9.41. The first kappa shape index (κ1) is 12.0. The predicted molar refractivity (Wildman–Crippen MR) is 62.3 cm³/mol. The maximum absolute atomic E-state index is 12.9.